The van der Waals surface area contributed by atoms with Crippen LogP contribution in [-0.2, 0) is 9.59 Å². The van der Waals surface area contributed by atoms with Gasteiger partial charge in [-0.2, -0.15) is 14.3 Å². The number of rotatable bonds is 8. The van der Waals surface area contributed by atoms with Gasteiger partial charge in [-0.25, -0.2) is 15.0 Å². The second-order valence-electron chi connectivity index (χ2n) is 8.93. The van der Waals surface area contributed by atoms with E-state index < -0.39 is 23.8 Å². The van der Waals surface area contributed by atoms with Gasteiger partial charge in [0, 0.05) is 22.9 Å². The Morgan fingerprint density at radius 2 is 1.15 bits per heavy atom. The van der Waals surface area contributed by atoms with Crippen LogP contribution < -0.4 is 0 Å². The molecule has 0 saturated heterocycles. The standard InChI is InChI=1S/C27H24N8O4/c1-15-14-20(34-23(16(2)25(36)37)30-21(32-34)18-10-6-4-7-11-18)29-27(28-15)35-24(17(3)26(38)39)31-22(33-35)19-12-8-5-9-13-19/h4-14,16-17H,1-3H3,(H,36,37)(H,38,39). The highest BCUT2D eigenvalue weighted by molar-refractivity contribution is 5.75. The van der Waals surface area contributed by atoms with Crippen LogP contribution in [0.2, 0.25) is 0 Å². The van der Waals surface area contributed by atoms with Gasteiger partial charge in [0.1, 0.15) is 23.5 Å². The van der Waals surface area contributed by atoms with Crippen molar-refractivity contribution in [3.8, 4) is 34.5 Å². The maximum absolute atomic E-state index is 11.9. The number of aliphatic carboxylic acids is 2. The Labute approximate surface area is 222 Å². The lowest BCUT2D eigenvalue weighted by Gasteiger charge is -2.12. The molecule has 0 aliphatic rings. The first-order valence-electron chi connectivity index (χ1n) is 12.1. The fourth-order valence-corrected chi connectivity index (χ4v) is 3.90. The second kappa shape index (κ2) is 10.2. The molecule has 0 aliphatic heterocycles. The zero-order valence-electron chi connectivity index (χ0n) is 21.3. The highest BCUT2D eigenvalue weighted by Crippen LogP contribution is 2.25. The topological polar surface area (TPSA) is 162 Å². The SMILES string of the molecule is Cc1cc(-n2nc(-c3ccccc3)nc2C(C)C(=O)O)nc(-n2nc(-c3ccccc3)nc2C(C)C(=O)O)n1. The van der Waals surface area contributed by atoms with E-state index in [9.17, 15) is 19.8 Å². The smallest absolute Gasteiger partial charge is 0.313 e. The molecule has 2 atom stereocenters. The normalized spacial score (nSPS) is 12.7. The fraction of sp³-hybridized carbons (Fsp3) is 0.185. The van der Waals surface area contributed by atoms with Crippen molar-refractivity contribution in [1.29, 1.82) is 0 Å². The lowest BCUT2D eigenvalue weighted by atomic mass is 10.1. The summed E-state index contributed by atoms with van der Waals surface area (Å²) in [6.45, 7) is 4.76. The summed E-state index contributed by atoms with van der Waals surface area (Å²) in [6.07, 6.45) is 0. The zero-order valence-corrected chi connectivity index (χ0v) is 21.3. The molecule has 196 valence electrons. The van der Waals surface area contributed by atoms with Crippen molar-refractivity contribution in [2.45, 2.75) is 32.6 Å². The van der Waals surface area contributed by atoms with Crippen molar-refractivity contribution in [2.24, 2.45) is 0 Å². The summed E-state index contributed by atoms with van der Waals surface area (Å²) < 4.78 is 2.67. The van der Waals surface area contributed by atoms with Crippen LogP contribution >= 0.6 is 0 Å². The van der Waals surface area contributed by atoms with Crippen molar-refractivity contribution in [3.05, 3.63) is 84.1 Å². The number of benzene rings is 2. The number of aromatic nitrogens is 8. The van der Waals surface area contributed by atoms with Crippen LogP contribution in [-0.4, -0.2) is 61.6 Å². The molecule has 3 aromatic heterocycles. The van der Waals surface area contributed by atoms with Gasteiger partial charge >= 0.3 is 11.9 Å². The Hall–Kier alpha value is -5.26. The maximum Gasteiger partial charge on any atom is 0.313 e. The monoisotopic (exact) mass is 524 g/mol. The molecule has 0 amide bonds. The summed E-state index contributed by atoms with van der Waals surface area (Å²) in [5.41, 5.74) is 1.93. The number of carboxylic acids is 2. The molecule has 12 nitrogen and oxygen atoms in total. The third kappa shape index (κ3) is 4.99. The first-order chi connectivity index (χ1) is 18.7. The van der Waals surface area contributed by atoms with E-state index in [1.165, 1.54) is 23.2 Å². The minimum atomic E-state index is -1.09. The van der Waals surface area contributed by atoms with Gasteiger partial charge in [0.05, 0.1) is 0 Å². The van der Waals surface area contributed by atoms with Crippen molar-refractivity contribution >= 4 is 11.9 Å². The summed E-state index contributed by atoms with van der Waals surface area (Å²) in [4.78, 5) is 42.0. The lowest BCUT2D eigenvalue weighted by Crippen LogP contribution is -2.18. The van der Waals surface area contributed by atoms with Crippen molar-refractivity contribution < 1.29 is 19.8 Å². The molecule has 5 rings (SSSR count). The first-order valence-corrected chi connectivity index (χ1v) is 12.1. The van der Waals surface area contributed by atoms with Gasteiger partial charge in [0.25, 0.3) is 5.95 Å². The van der Waals surface area contributed by atoms with E-state index in [-0.39, 0.29) is 23.4 Å². The minimum absolute atomic E-state index is 0.0634. The third-order valence-electron chi connectivity index (χ3n) is 6.08. The van der Waals surface area contributed by atoms with Gasteiger partial charge in [-0.1, -0.05) is 60.7 Å². The van der Waals surface area contributed by atoms with E-state index in [2.05, 4.69) is 30.1 Å². The van der Waals surface area contributed by atoms with Crippen LogP contribution in [0.1, 0.15) is 43.0 Å². The van der Waals surface area contributed by atoms with E-state index in [1.807, 2.05) is 60.7 Å². The fourth-order valence-electron chi connectivity index (χ4n) is 3.90. The van der Waals surface area contributed by atoms with Gasteiger partial charge in [-0.3, -0.25) is 9.59 Å². The van der Waals surface area contributed by atoms with Crippen molar-refractivity contribution in [3.63, 3.8) is 0 Å². The van der Waals surface area contributed by atoms with E-state index in [0.29, 0.717) is 28.5 Å². The number of nitrogens with zero attached hydrogens (tertiary/aromatic N) is 8. The molecule has 12 heteroatoms. The van der Waals surface area contributed by atoms with E-state index in [4.69, 9.17) is 0 Å². The minimum Gasteiger partial charge on any atom is -0.481 e. The molecule has 2 aromatic carbocycles. The predicted molar refractivity (Wildman–Crippen MR) is 140 cm³/mol. The second-order valence-corrected chi connectivity index (χ2v) is 8.93. The Morgan fingerprint density at radius 3 is 1.64 bits per heavy atom. The number of carboxylic acid groups (broad SMARTS) is 2. The van der Waals surface area contributed by atoms with Gasteiger partial charge in [-0.05, 0) is 20.8 Å². The molecule has 0 radical (unpaired) electrons. The molecule has 0 aliphatic carbocycles. The molecule has 2 unspecified atom stereocenters. The molecule has 2 N–H and O–H groups in total. The summed E-state index contributed by atoms with van der Waals surface area (Å²) in [7, 11) is 0. The van der Waals surface area contributed by atoms with Gasteiger partial charge in [0.15, 0.2) is 17.5 Å². The Kier molecular flexibility index (Phi) is 6.67. The summed E-state index contributed by atoms with van der Waals surface area (Å²) in [5, 5.41) is 28.6. The molecule has 0 saturated carbocycles. The summed E-state index contributed by atoms with van der Waals surface area (Å²) in [5.74, 6) is -2.88. The average Bonchev–Trinajstić information content (AvgIpc) is 3.58. The summed E-state index contributed by atoms with van der Waals surface area (Å²) >= 11 is 0. The van der Waals surface area contributed by atoms with Gasteiger partial charge in [-0.15, -0.1) is 10.2 Å². The number of hydrogen-bond acceptors (Lipinski definition) is 8. The largest absolute Gasteiger partial charge is 0.481 e. The predicted octanol–water partition coefficient (Wildman–Crippen LogP) is 3.66. The highest BCUT2D eigenvalue weighted by atomic mass is 16.4. The molecule has 0 spiro atoms. The molecular weight excluding hydrogens is 500 g/mol. The number of carbonyl (C=O) groups is 2. The number of hydrogen-bond donors (Lipinski definition) is 2. The molecular formula is C27H24N8O4. The van der Waals surface area contributed by atoms with E-state index in [1.54, 1.807) is 13.0 Å². The molecule has 0 fully saturated rings. The average molecular weight is 525 g/mol. The van der Waals surface area contributed by atoms with Crippen LogP contribution in [0, 0.1) is 6.92 Å². The summed E-state index contributed by atoms with van der Waals surface area (Å²) in [6, 6.07) is 20.0. The van der Waals surface area contributed by atoms with E-state index in [0.717, 1.165) is 0 Å². The van der Waals surface area contributed by atoms with Crippen molar-refractivity contribution in [2.75, 3.05) is 0 Å². The zero-order chi connectivity index (χ0) is 27.7. The molecule has 5 aromatic rings. The van der Waals surface area contributed by atoms with Gasteiger partial charge < -0.3 is 10.2 Å². The highest BCUT2D eigenvalue weighted by Gasteiger charge is 2.27. The van der Waals surface area contributed by atoms with Crippen LogP contribution in [0.15, 0.2) is 66.7 Å². The van der Waals surface area contributed by atoms with Crippen molar-refractivity contribution in [1.82, 2.24) is 39.5 Å². The number of aryl methyl sites for hydroxylation is 1. The van der Waals surface area contributed by atoms with Crippen LogP contribution in [0.5, 0.6) is 0 Å². The molecule has 3 heterocycles. The maximum atomic E-state index is 11.9. The van der Waals surface area contributed by atoms with E-state index >= 15 is 0 Å². The third-order valence-corrected chi connectivity index (χ3v) is 6.08. The Bertz CT molecular complexity index is 1540. The molecule has 39 heavy (non-hydrogen) atoms. The Morgan fingerprint density at radius 1 is 0.692 bits per heavy atom. The van der Waals surface area contributed by atoms with Gasteiger partial charge in [0.2, 0.25) is 0 Å². The van der Waals surface area contributed by atoms with Crippen LogP contribution in [0.25, 0.3) is 34.5 Å². The quantitative estimate of drug-likeness (QED) is 0.306. The first kappa shape index (κ1) is 25.4. The molecule has 0 bridgehead atoms. The lowest BCUT2D eigenvalue weighted by molar-refractivity contribution is -0.139. The van der Waals surface area contributed by atoms with Crippen LogP contribution in [0.4, 0.5) is 0 Å². The Balaban J connectivity index is 1.69. The van der Waals surface area contributed by atoms with Crippen LogP contribution in [0.3, 0.4) is 0 Å².